The molecule has 0 radical (unpaired) electrons. The van der Waals surface area contributed by atoms with Crippen LogP contribution in [0, 0.1) is 5.92 Å². The molecule has 1 fully saturated rings. The van der Waals surface area contributed by atoms with Crippen LogP contribution in [0.5, 0.6) is 0 Å². The second-order valence-corrected chi connectivity index (χ2v) is 8.61. The lowest BCUT2D eigenvalue weighted by atomic mass is 10.0. The maximum Gasteiger partial charge on any atom is 0.243 e. The molecule has 0 atom stereocenters. The Morgan fingerprint density at radius 2 is 1.65 bits per heavy atom. The maximum absolute atomic E-state index is 12.5. The van der Waals surface area contributed by atoms with E-state index < -0.39 is 20.0 Å². The number of rotatable bonds is 3. The highest BCUT2D eigenvalue weighted by atomic mass is 32.2. The van der Waals surface area contributed by atoms with Crippen LogP contribution in [-0.4, -0.2) is 34.2 Å². The average molecular weight is 318 g/mol. The summed E-state index contributed by atoms with van der Waals surface area (Å²) in [5, 5.41) is 5.03. The normalized spacial score (nSPS) is 19.1. The first-order chi connectivity index (χ1) is 9.21. The second kappa shape index (κ2) is 5.44. The first-order valence-electron chi connectivity index (χ1n) is 6.34. The molecule has 0 unspecified atom stereocenters. The van der Waals surface area contributed by atoms with Gasteiger partial charge in [-0.2, -0.15) is 4.31 Å². The van der Waals surface area contributed by atoms with E-state index in [0.717, 1.165) is 18.9 Å². The molecule has 6 nitrogen and oxygen atoms in total. The largest absolute Gasteiger partial charge is 0.243 e. The van der Waals surface area contributed by atoms with E-state index >= 15 is 0 Å². The fourth-order valence-corrected chi connectivity index (χ4v) is 4.34. The first kappa shape index (κ1) is 15.4. The van der Waals surface area contributed by atoms with Crippen LogP contribution in [0.25, 0.3) is 0 Å². The number of sulfonamides is 2. The molecule has 0 aliphatic carbocycles. The maximum atomic E-state index is 12.5. The van der Waals surface area contributed by atoms with Crippen LogP contribution in [0.2, 0.25) is 0 Å². The highest BCUT2D eigenvalue weighted by molar-refractivity contribution is 7.90. The van der Waals surface area contributed by atoms with Crippen LogP contribution in [0.1, 0.15) is 19.8 Å². The van der Waals surface area contributed by atoms with Gasteiger partial charge in [0.2, 0.25) is 20.0 Å². The topological polar surface area (TPSA) is 97.5 Å². The van der Waals surface area contributed by atoms with E-state index in [4.69, 9.17) is 5.14 Å². The van der Waals surface area contributed by atoms with E-state index in [0.29, 0.717) is 19.0 Å². The molecule has 0 saturated carbocycles. The standard InChI is InChI=1S/C12H18N2O4S2/c1-10-5-7-14(8-6-10)20(17,18)12-4-2-3-11(9-12)19(13,15)16/h2-4,9-10H,5-8H2,1H3,(H2,13,15,16). The molecule has 112 valence electrons. The predicted octanol–water partition coefficient (Wildman–Crippen LogP) is 0.755. The Bertz CT molecular complexity index is 690. The van der Waals surface area contributed by atoms with Crippen molar-refractivity contribution in [3.05, 3.63) is 24.3 Å². The number of hydrogen-bond donors (Lipinski definition) is 1. The Morgan fingerprint density at radius 1 is 1.10 bits per heavy atom. The molecule has 2 rings (SSSR count). The van der Waals surface area contributed by atoms with Crippen molar-refractivity contribution in [1.29, 1.82) is 0 Å². The Balaban J connectivity index is 2.35. The molecule has 1 aliphatic heterocycles. The predicted molar refractivity (Wildman–Crippen MR) is 75.0 cm³/mol. The summed E-state index contributed by atoms with van der Waals surface area (Å²) in [5.74, 6) is 0.511. The number of primary sulfonamides is 1. The summed E-state index contributed by atoms with van der Waals surface area (Å²) < 4.78 is 48.9. The Morgan fingerprint density at radius 3 is 2.20 bits per heavy atom. The first-order valence-corrected chi connectivity index (χ1v) is 9.33. The lowest BCUT2D eigenvalue weighted by Crippen LogP contribution is -2.37. The molecule has 1 aliphatic rings. The van der Waals surface area contributed by atoms with Crippen LogP contribution in [0.3, 0.4) is 0 Å². The minimum absolute atomic E-state index is 0.0291. The average Bonchev–Trinajstić information content (AvgIpc) is 2.38. The number of nitrogens with two attached hydrogens (primary N) is 1. The van der Waals surface area contributed by atoms with Crippen LogP contribution in [0.15, 0.2) is 34.1 Å². The van der Waals surface area contributed by atoms with Gasteiger partial charge in [-0.05, 0) is 37.0 Å². The lowest BCUT2D eigenvalue weighted by molar-refractivity contribution is 0.288. The number of piperidine rings is 1. The van der Waals surface area contributed by atoms with Gasteiger partial charge in [-0.25, -0.2) is 22.0 Å². The fourth-order valence-electron chi connectivity index (χ4n) is 2.19. The smallest absolute Gasteiger partial charge is 0.225 e. The monoisotopic (exact) mass is 318 g/mol. The van der Waals surface area contributed by atoms with Crippen LogP contribution >= 0.6 is 0 Å². The third kappa shape index (κ3) is 3.20. The minimum atomic E-state index is -3.91. The summed E-state index contributed by atoms with van der Waals surface area (Å²) >= 11 is 0. The van der Waals surface area contributed by atoms with Gasteiger partial charge in [-0.3, -0.25) is 0 Å². The van der Waals surface area contributed by atoms with Crippen LogP contribution in [-0.2, 0) is 20.0 Å². The van der Waals surface area contributed by atoms with E-state index in [9.17, 15) is 16.8 Å². The van der Waals surface area contributed by atoms with E-state index in [1.54, 1.807) is 0 Å². The van der Waals surface area contributed by atoms with Crippen molar-refractivity contribution < 1.29 is 16.8 Å². The van der Waals surface area contributed by atoms with Gasteiger partial charge >= 0.3 is 0 Å². The summed E-state index contributed by atoms with van der Waals surface area (Å²) in [7, 11) is -7.56. The van der Waals surface area contributed by atoms with Crippen LogP contribution in [0.4, 0.5) is 0 Å². The molecule has 0 bridgehead atoms. The molecular weight excluding hydrogens is 300 g/mol. The summed E-state index contributed by atoms with van der Waals surface area (Å²) in [6.45, 7) is 3.01. The summed E-state index contributed by atoms with van der Waals surface area (Å²) in [6.07, 6.45) is 1.63. The van der Waals surface area contributed by atoms with Gasteiger partial charge < -0.3 is 0 Å². The Hall–Kier alpha value is -0.960. The molecule has 0 spiro atoms. The lowest BCUT2D eigenvalue weighted by Gasteiger charge is -2.29. The highest BCUT2D eigenvalue weighted by Gasteiger charge is 2.28. The zero-order chi connectivity index (χ0) is 15.0. The van der Waals surface area contributed by atoms with E-state index in [1.165, 1.54) is 22.5 Å². The van der Waals surface area contributed by atoms with Gasteiger partial charge in [0.1, 0.15) is 0 Å². The van der Waals surface area contributed by atoms with Gasteiger partial charge in [-0.1, -0.05) is 13.0 Å². The van der Waals surface area contributed by atoms with Gasteiger partial charge in [0.25, 0.3) is 0 Å². The summed E-state index contributed by atoms with van der Waals surface area (Å²) in [5.41, 5.74) is 0. The number of hydrogen-bond acceptors (Lipinski definition) is 4. The van der Waals surface area contributed by atoms with E-state index in [1.807, 2.05) is 0 Å². The third-order valence-corrected chi connectivity index (χ3v) is 6.32. The molecule has 0 amide bonds. The van der Waals surface area contributed by atoms with Crippen molar-refractivity contribution >= 4 is 20.0 Å². The molecule has 20 heavy (non-hydrogen) atoms. The van der Waals surface area contributed by atoms with Crippen molar-refractivity contribution in [3.8, 4) is 0 Å². The molecular formula is C12H18N2O4S2. The molecule has 1 aromatic rings. The van der Waals surface area contributed by atoms with Crippen molar-refractivity contribution in [2.75, 3.05) is 13.1 Å². The van der Waals surface area contributed by atoms with Gasteiger partial charge in [0, 0.05) is 13.1 Å². The molecule has 2 N–H and O–H groups in total. The van der Waals surface area contributed by atoms with Crippen molar-refractivity contribution in [1.82, 2.24) is 4.31 Å². The number of nitrogens with zero attached hydrogens (tertiary/aromatic N) is 1. The second-order valence-electron chi connectivity index (χ2n) is 5.11. The molecule has 1 heterocycles. The highest BCUT2D eigenvalue weighted by Crippen LogP contribution is 2.24. The van der Waals surface area contributed by atoms with Gasteiger partial charge in [0.15, 0.2) is 0 Å². The van der Waals surface area contributed by atoms with Crippen LogP contribution < -0.4 is 5.14 Å². The molecule has 1 saturated heterocycles. The SMILES string of the molecule is CC1CCN(S(=O)(=O)c2cccc(S(N)(=O)=O)c2)CC1. The van der Waals surface area contributed by atoms with E-state index in [-0.39, 0.29) is 9.79 Å². The third-order valence-electron chi connectivity index (χ3n) is 3.51. The van der Waals surface area contributed by atoms with Gasteiger partial charge in [-0.15, -0.1) is 0 Å². The molecule has 8 heteroatoms. The van der Waals surface area contributed by atoms with Crippen molar-refractivity contribution in [3.63, 3.8) is 0 Å². The Labute approximate surface area is 119 Å². The Kier molecular flexibility index (Phi) is 4.19. The zero-order valence-electron chi connectivity index (χ0n) is 11.2. The molecule has 1 aromatic carbocycles. The summed E-state index contributed by atoms with van der Waals surface area (Å²) in [4.78, 5) is -0.220. The number of benzene rings is 1. The summed E-state index contributed by atoms with van der Waals surface area (Å²) in [6, 6.07) is 5.18. The minimum Gasteiger partial charge on any atom is -0.225 e. The van der Waals surface area contributed by atoms with Crippen molar-refractivity contribution in [2.45, 2.75) is 29.6 Å². The van der Waals surface area contributed by atoms with Gasteiger partial charge in [0.05, 0.1) is 9.79 Å². The molecule has 0 aromatic heterocycles. The fraction of sp³-hybridized carbons (Fsp3) is 0.500. The van der Waals surface area contributed by atoms with Crippen molar-refractivity contribution in [2.24, 2.45) is 11.1 Å². The van der Waals surface area contributed by atoms with E-state index in [2.05, 4.69) is 6.92 Å². The quantitative estimate of drug-likeness (QED) is 0.889. The zero-order valence-corrected chi connectivity index (χ0v) is 12.8.